The quantitative estimate of drug-likeness (QED) is 0.654. The SMILES string of the molecule is CN=C(NCc1ccnn1C)NCC(C)c1ccsc1. The number of aryl methyl sites for hydroxylation is 1. The average Bonchev–Trinajstić information content (AvgIpc) is 3.10. The molecule has 0 saturated heterocycles. The molecular weight excluding hydrogens is 270 g/mol. The maximum absolute atomic E-state index is 4.24. The van der Waals surface area contributed by atoms with Crippen molar-refractivity contribution in [1.29, 1.82) is 0 Å². The minimum Gasteiger partial charge on any atom is -0.356 e. The summed E-state index contributed by atoms with van der Waals surface area (Å²) >= 11 is 1.73. The Balaban J connectivity index is 1.80. The number of guanidine groups is 1. The molecule has 0 amide bonds. The fourth-order valence-corrected chi connectivity index (χ4v) is 2.67. The van der Waals surface area contributed by atoms with Gasteiger partial charge in [0.1, 0.15) is 0 Å². The lowest BCUT2D eigenvalue weighted by atomic mass is 10.1. The third kappa shape index (κ3) is 3.84. The Hall–Kier alpha value is -1.82. The van der Waals surface area contributed by atoms with Gasteiger partial charge in [-0.05, 0) is 34.4 Å². The van der Waals surface area contributed by atoms with Gasteiger partial charge in [-0.25, -0.2) is 0 Å². The third-order valence-corrected chi connectivity index (χ3v) is 3.97. The van der Waals surface area contributed by atoms with E-state index in [-0.39, 0.29) is 0 Å². The molecule has 0 bridgehead atoms. The smallest absolute Gasteiger partial charge is 0.191 e. The van der Waals surface area contributed by atoms with E-state index in [1.807, 2.05) is 17.8 Å². The lowest BCUT2D eigenvalue weighted by molar-refractivity contribution is 0.670. The summed E-state index contributed by atoms with van der Waals surface area (Å²) in [6, 6.07) is 4.16. The Morgan fingerprint density at radius 1 is 1.45 bits per heavy atom. The van der Waals surface area contributed by atoms with Gasteiger partial charge in [0, 0.05) is 26.8 Å². The molecule has 0 aliphatic rings. The maximum Gasteiger partial charge on any atom is 0.191 e. The number of nitrogens with one attached hydrogen (secondary N) is 2. The highest BCUT2D eigenvalue weighted by molar-refractivity contribution is 7.07. The van der Waals surface area contributed by atoms with Gasteiger partial charge in [0.2, 0.25) is 0 Å². The van der Waals surface area contributed by atoms with E-state index >= 15 is 0 Å². The van der Waals surface area contributed by atoms with Crippen molar-refractivity contribution in [2.75, 3.05) is 13.6 Å². The standard InChI is InChI=1S/C14H21N5S/c1-11(12-5-7-20-10-12)8-16-14(15-2)17-9-13-4-6-18-19(13)3/h4-7,10-11H,8-9H2,1-3H3,(H2,15,16,17). The Morgan fingerprint density at radius 2 is 2.30 bits per heavy atom. The van der Waals surface area contributed by atoms with Gasteiger partial charge in [-0.2, -0.15) is 16.4 Å². The number of hydrogen-bond donors (Lipinski definition) is 2. The molecule has 2 aromatic rings. The molecule has 108 valence electrons. The zero-order valence-electron chi connectivity index (χ0n) is 12.1. The van der Waals surface area contributed by atoms with Crippen molar-refractivity contribution in [1.82, 2.24) is 20.4 Å². The first-order valence-electron chi connectivity index (χ1n) is 6.64. The molecule has 20 heavy (non-hydrogen) atoms. The second-order valence-corrected chi connectivity index (χ2v) is 5.49. The first-order chi connectivity index (χ1) is 9.70. The highest BCUT2D eigenvalue weighted by Gasteiger charge is 2.07. The van der Waals surface area contributed by atoms with Crippen LogP contribution in [0.4, 0.5) is 0 Å². The Labute approximate surface area is 123 Å². The fourth-order valence-electron chi connectivity index (χ4n) is 1.89. The first kappa shape index (κ1) is 14.6. The number of rotatable bonds is 5. The molecule has 2 rings (SSSR count). The minimum atomic E-state index is 0.469. The van der Waals surface area contributed by atoms with Gasteiger partial charge in [0.15, 0.2) is 5.96 Å². The minimum absolute atomic E-state index is 0.469. The molecule has 5 nitrogen and oxygen atoms in total. The summed E-state index contributed by atoms with van der Waals surface area (Å²) in [5.74, 6) is 1.28. The van der Waals surface area contributed by atoms with E-state index in [9.17, 15) is 0 Å². The predicted molar refractivity (Wildman–Crippen MR) is 84.1 cm³/mol. The molecule has 0 aliphatic heterocycles. The van der Waals surface area contributed by atoms with E-state index < -0.39 is 0 Å². The number of aliphatic imine (C=N–C) groups is 1. The van der Waals surface area contributed by atoms with Crippen LogP contribution in [0.1, 0.15) is 24.1 Å². The number of hydrogen-bond acceptors (Lipinski definition) is 3. The van der Waals surface area contributed by atoms with Gasteiger partial charge in [-0.15, -0.1) is 0 Å². The van der Waals surface area contributed by atoms with Crippen LogP contribution in [0.25, 0.3) is 0 Å². The van der Waals surface area contributed by atoms with Crippen LogP contribution < -0.4 is 10.6 Å². The summed E-state index contributed by atoms with van der Waals surface area (Å²) in [6.45, 7) is 3.79. The molecule has 0 fully saturated rings. The van der Waals surface area contributed by atoms with E-state index in [1.54, 1.807) is 24.6 Å². The van der Waals surface area contributed by atoms with Crippen LogP contribution in [-0.4, -0.2) is 29.3 Å². The summed E-state index contributed by atoms with van der Waals surface area (Å²) in [7, 11) is 3.72. The molecule has 2 aromatic heterocycles. The van der Waals surface area contributed by atoms with E-state index in [0.29, 0.717) is 12.5 Å². The van der Waals surface area contributed by atoms with Crippen molar-refractivity contribution < 1.29 is 0 Å². The highest BCUT2D eigenvalue weighted by Crippen LogP contribution is 2.16. The molecule has 0 radical (unpaired) electrons. The van der Waals surface area contributed by atoms with Crippen LogP contribution in [0.15, 0.2) is 34.1 Å². The predicted octanol–water partition coefficient (Wildman–Crippen LogP) is 1.95. The van der Waals surface area contributed by atoms with Gasteiger partial charge in [0.25, 0.3) is 0 Å². The van der Waals surface area contributed by atoms with Crippen molar-refractivity contribution in [2.24, 2.45) is 12.0 Å². The molecule has 1 unspecified atom stereocenters. The number of nitrogens with zero attached hydrogens (tertiary/aromatic N) is 3. The van der Waals surface area contributed by atoms with Gasteiger partial charge in [0.05, 0.1) is 12.2 Å². The topological polar surface area (TPSA) is 54.2 Å². The molecule has 0 aromatic carbocycles. The monoisotopic (exact) mass is 291 g/mol. The van der Waals surface area contributed by atoms with Crippen LogP contribution in [0, 0.1) is 0 Å². The van der Waals surface area contributed by atoms with E-state index in [2.05, 4.69) is 44.5 Å². The molecule has 6 heteroatoms. The summed E-state index contributed by atoms with van der Waals surface area (Å²) in [4.78, 5) is 4.24. The van der Waals surface area contributed by atoms with Gasteiger partial charge in [-0.3, -0.25) is 9.67 Å². The van der Waals surface area contributed by atoms with E-state index in [4.69, 9.17) is 0 Å². The normalized spacial score (nSPS) is 13.2. The third-order valence-electron chi connectivity index (χ3n) is 3.27. The zero-order valence-corrected chi connectivity index (χ0v) is 12.9. The zero-order chi connectivity index (χ0) is 14.4. The van der Waals surface area contributed by atoms with Crippen LogP contribution in [0.3, 0.4) is 0 Å². The Bertz CT molecular complexity index is 544. The van der Waals surface area contributed by atoms with Crippen LogP contribution >= 0.6 is 11.3 Å². The lowest BCUT2D eigenvalue weighted by Crippen LogP contribution is -2.38. The average molecular weight is 291 g/mol. The summed E-state index contributed by atoms with van der Waals surface area (Å²) in [5.41, 5.74) is 2.49. The first-order valence-corrected chi connectivity index (χ1v) is 7.58. The number of aromatic nitrogens is 2. The second-order valence-electron chi connectivity index (χ2n) is 4.71. The molecule has 0 aliphatic carbocycles. The summed E-state index contributed by atoms with van der Waals surface area (Å²) in [5, 5.41) is 15.1. The second kappa shape index (κ2) is 7.09. The molecule has 2 N–H and O–H groups in total. The van der Waals surface area contributed by atoms with Crippen LogP contribution in [0.5, 0.6) is 0 Å². The molecule has 2 heterocycles. The van der Waals surface area contributed by atoms with E-state index in [1.165, 1.54) is 5.56 Å². The molecule has 1 atom stereocenters. The summed E-state index contributed by atoms with van der Waals surface area (Å²) < 4.78 is 1.86. The van der Waals surface area contributed by atoms with Crippen LogP contribution in [0.2, 0.25) is 0 Å². The van der Waals surface area contributed by atoms with E-state index in [0.717, 1.165) is 18.2 Å². The molecule has 0 saturated carbocycles. The van der Waals surface area contributed by atoms with Crippen molar-refractivity contribution in [2.45, 2.75) is 19.4 Å². The largest absolute Gasteiger partial charge is 0.356 e. The fraction of sp³-hybridized carbons (Fsp3) is 0.429. The number of thiophene rings is 1. The molecular formula is C14H21N5S. The van der Waals surface area contributed by atoms with Crippen LogP contribution in [-0.2, 0) is 13.6 Å². The maximum atomic E-state index is 4.24. The van der Waals surface area contributed by atoms with Gasteiger partial charge in [-0.1, -0.05) is 6.92 Å². The molecule has 0 spiro atoms. The van der Waals surface area contributed by atoms with Crippen molar-refractivity contribution in [3.8, 4) is 0 Å². The van der Waals surface area contributed by atoms with Gasteiger partial charge >= 0.3 is 0 Å². The highest BCUT2D eigenvalue weighted by atomic mass is 32.1. The van der Waals surface area contributed by atoms with Crippen molar-refractivity contribution in [3.05, 3.63) is 40.3 Å². The Kier molecular flexibility index (Phi) is 5.17. The van der Waals surface area contributed by atoms with Crippen molar-refractivity contribution >= 4 is 17.3 Å². The summed E-state index contributed by atoms with van der Waals surface area (Å²) in [6.07, 6.45) is 1.80. The lowest BCUT2D eigenvalue weighted by Gasteiger charge is -2.15. The van der Waals surface area contributed by atoms with Crippen molar-refractivity contribution in [3.63, 3.8) is 0 Å². The van der Waals surface area contributed by atoms with Gasteiger partial charge < -0.3 is 10.6 Å². The Morgan fingerprint density at radius 3 is 2.90 bits per heavy atom.